The molecular weight excluding hydrogens is 679 g/mol. The van der Waals surface area contributed by atoms with Crippen LogP contribution in [0.25, 0.3) is 44.2 Å². The van der Waals surface area contributed by atoms with Crippen LogP contribution >= 0.6 is 0 Å². The van der Waals surface area contributed by atoms with Gasteiger partial charge >= 0.3 is 0 Å². The van der Waals surface area contributed by atoms with Crippen molar-refractivity contribution in [2.75, 3.05) is 4.90 Å². The number of hydrogen-bond donors (Lipinski definition) is 0. The predicted molar refractivity (Wildman–Crippen MR) is 230 cm³/mol. The third kappa shape index (κ3) is 4.11. The van der Waals surface area contributed by atoms with Crippen LogP contribution in [0.3, 0.4) is 0 Å². The van der Waals surface area contributed by atoms with E-state index in [9.17, 15) is 0 Å². The van der Waals surface area contributed by atoms with E-state index in [1.807, 2.05) is 0 Å². The molecule has 0 aliphatic heterocycles. The van der Waals surface area contributed by atoms with Crippen molar-refractivity contribution in [3.63, 3.8) is 0 Å². The van der Waals surface area contributed by atoms with Gasteiger partial charge in [0.25, 0.3) is 0 Å². The molecule has 0 saturated heterocycles. The number of para-hydroxylation sites is 2. The van der Waals surface area contributed by atoms with Crippen molar-refractivity contribution in [2.24, 2.45) is 0 Å². The minimum Gasteiger partial charge on any atom is -0.454 e. The maximum Gasteiger partial charge on any atom is 0.159 e. The van der Waals surface area contributed by atoms with Crippen LogP contribution in [0, 0.1) is 0 Å². The van der Waals surface area contributed by atoms with E-state index in [0.29, 0.717) is 0 Å². The fourth-order valence-electron chi connectivity index (χ4n) is 11.2. The van der Waals surface area contributed by atoms with Crippen LogP contribution in [-0.4, -0.2) is 0 Å². The van der Waals surface area contributed by atoms with Crippen molar-refractivity contribution in [1.82, 2.24) is 0 Å². The first kappa shape index (κ1) is 31.7. The summed E-state index contributed by atoms with van der Waals surface area (Å²) < 4.78 is 7.21. The van der Waals surface area contributed by atoms with Crippen LogP contribution in [0.1, 0.15) is 59.1 Å². The number of benzene rings is 8. The second-order valence-electron chi connectivity index (χ2n) is 15.8. The standard InChI is InChI=1S/C54H39NO/c1-3-18-36(19-4-1)54(43-27-12-7-22-38(43)39-23-8-13-28-44(39)54)46-32-33-48(52-51(46)41-25-10-14-31-49(41)56-52)55(37-20-5-2-6-21-37)47-30-17-29-45-50(47)40-24-9-11-26-42(40)53(45)34-15-16-35-53/h1-14,17-33H,15-16,34-35H2. The highest BCUT2D eigenvalue weighted by Gasteiger charge is 2.49. The van der Waals surface area contributed by atoms with Crippen LogP contribution < -0.4 is 4.90 Å². The molecule has 3 aliphatic rings. The lowest BCUT2D eigenvalue weighted by molar-refractivity contribution is 0.550. The zero-order valence-corrected chi connectivity index (χ0v) is 31.1. The summed E-state index contributed by atoms with van der Waals surface area (Å²) in [7, 11) is 0. The first-order chi connectivity index (χ1) is 27.8. The maximum absolute atomic E-state index is 7.21. The van der Waals surface area contributed by atoms with E-state index < -0.39 is 5.41 Å². The van der Waals surface area contributed by atoms with Crippen LogP contribution in [0.2, 0.25) is 0 Å². The number of fused-ring (bicyclic) bond motifs is 11. The zero-order valence-electron chi connectivity index (χ0n) is 31.1. The van der Waals surface area contributed by atoms with Crippen molar-refractivity contribution >= 4 is 39.0 Å². The molecule has 3 aliphatic carbocycles. The lowest BCUT2D eigenvalue weighted by atomic mass is 9.66. The van der Waals surface area contributed by atoms with Crippen molar-refractivity contribution in [2.45, 2.75) is 36.5 Å². The van der Waals surface area contributed by atoms with Gasteiger partial charge in [-0.05, 0) is 93.2 Å². The molecule has 0 bridgehead atoms. The molecule has 12 rings (SSSR count). The Morgan fingerprint density at radius 3 is 1.75 bits per heavy atom. The molecule has 1 spiro atoms. The number of furan rings is 1. The molecular formula is C54H39NO. The molecule has 1 fully saturated rings. The second-order valence-corrected chi connectivity index (χ2v) is 15.8. The summed E-state index contributed by atoms with van der Waals surface area (Å²) in [6.45, 7) is 0. The molecule has 1 heterocycles. The normalized spacial score (nSPS) is 15.5. The molecule has 266 valence electrons. The van der Waals surface area contributed by atoms with E-state index in [0.717, 1.165) is 33.3 Å². The van der Waals surface area contributed by atoms with E-state index in [4.69, 9.17) is 4.42 Å². The van der Waals surface area contributed by atoms with Gasteiger partial charge in [-0.3, -0.25) is 0 Å². The Balaban J connectivity index is 1.20. The van der Waals surface area contributed by atoms with Gasteiger partial charge in [-0.1, -0.05) is 171 Å². The van der Waals surface area contributed by atoms with Gasteiger partial charge in [-0.25, -0.2) is 0 Å². The summed E-state index contributed by atoms with van der Waals surface area (Å²) in [4.78, 5) is 2.48. The van der Waals surface area contributed by atoms with Crippen molar-refractivity contribution in [3.05, 3.63) is 221 Å². The Labute approximate surface area is 327 Å². The van der Waals surface area contributed by atoms with Gasteiger partial charge in [-0.2, -0.15) is 0 Å². The van der Waals surface area contributed by atoms with Gasteiger partial charge in [0.1, 0.15) is 5.58 Å². The Morgan fingerprint density at radius 2 is 1.02 bits per heavy atom. The lowest BCUT2D eigenvalue weighted by Crippen LogP contribution is -2.29. The average Bonchev–Trinajstić information content (AvgIpc) is 4.05. The summed E-state index contributed by atoms with van der Waals surface area (Å²) in [5, 5.41) is 2.27. The van der Waals surface area contributed by atoms with E-state index in [1.54, 1.807) is 0 Å². The van der Waals surface area contributed by atoms with Gasteiger partial charge < -0.3 is 9.32 Å². The van der Waals surface area contributed by atoms with Crippen molar-refractivity contribution in [3.8, 4) is 22.3 Å². The van der Waals surface area contributed by atoms with Crippen molar-refractivity contribution in [1.29, 1.82) is 0 Å². The molecule has 2 heteroatoms. The Morgan fingerprint density at radius 1 is 0.429 bits per heavy atom. The molecule has 8 aromatic carbocycles. The third-order valence-electron chi connectivity index (χ3n) is 13.3. The SMILES string of the molecule is c1ccc(N(c2cccc3c2-c2ccccc2C32CCCC2)c2ccc(C3(c4ccccc4)c4ccccc4-c4ccccc43)c3c2oc2ccccc23)cc1. The molecule has 1 aromatic heterocycles. The smallest absolute Gasteiger partial charge is 0.159 e. The highest BCUT2D eigenvalue weighted by atomic mass is 16.3. The zero-order chi connectivity index (χ0) is 36.8. The summed E-state index contributed by atoms with van der Waals surface area (Å²) >= 11 is 0. The largest absolute Gasteiger partial charge is 0.454 e. The van der Waals surface area contributed by atoms with Crippen LogP contribution in [0.5, 0.6) is 0 Å². The highest BCUT2D eigenvalue weighted by Crippen LogP contribution is 2.62. The summed E-state index contributed by atoms with van der Waals surface area (Å²) in [6.07, 6.45) is 4.91. The number of nitrogens with zero attached hydrogens (tertiary/aromatic N) is 1. The van der Waals surface area contributed by atoms with Gasteiger partial charge in [0.05, 0.1) is 16.8 Å². The topological polar surface area (TPSA) is 16.4 Å². The molecule has 56 heavy (non-hydrogen) atoms. The number of hydrogen-bond acceptors (Lipinski definition) is 2. The average molecular weight is 718 g/mol. The Hall–Kier alpha value is -6.64. The van der Waals surface area contributed by atoms with E-state index in [1.165, 1.54) is 87.0 Å². The molecule has 0 radical (unpaired) electrons. The molecule has 0 atom stereocenters. The van der Waals surface area contributed by atoms with E-state index in [2.05, 4.69) is 193 Å². The predicted octanol–water partition coefficient (Wildman–Crippen LogP) is 14.3. The van der Waals surface area contributed by atoms with Crippen molar-refractivity contribution < 1.29 is 4.42 Å². The molecule has 0 amide bonds. The summed E-state index contributed by atoms with van der Waals surface area (Å²) in [5.74, 6) is 0. The Bertz CT molecular complexity index is 2940. The van der Waals surface area contributed by atoms with Crippen LogP contribution in [0.15, 0.2) is 192 Å². The molecule has 1 saturated carbocycles. The van der Waals surface area contributed by atoms with Crippen LogP contribution in [0.4, 0.5) is 17.1 Å². The number of rotatable bonds is 5. The van der Waals surface area contributed by atoms with Gasteiger partial charge in [0.2, 0.25) is 0 Å². The molecule has 9 aromatic rings. The van der Waals surface area contributed by atoms with Crippen LogP contribution in [-0.2, 0) is 10.8 Å². The lowest BCUT2D eigenvalue weighted by Gasteiger charge is -2.35. The quantitative estimate of drug-likeness (QED) is 0.176. The third-order valence-corrected chi connectivity index (χ3v) is 13.3. The Kier molecular flexibility index (Phi) is 6.75. The summed E-state index contributed by atoms with van der Waals surface area (Å²) in [6, 6.07) is 69.6. The van der Waals surface area contributed by atoms with E-state index >= 15 is 0 Å². The second kappa shape index (κ2) is 11.9. The minimum atomic E-state index is -0.572. The highest BCUT2D eigenvalue weighted by molar-refractivity contribution is 6.14. The monoisotopic (exact) mass is 717 g/mol. The summed E-state index contributed by atoms with van der Waals surface area (Å²) in [5.41, 5.74) is 17.9. The number of anilines is 3. The van der Waals surface area contributed by atoms with E-state index in [-0.39, 0.29) is 5.41 Å². The molecule has 0 unspecified atom stereocenters. The fraction of sp³-hybridized carbons (Fsp3) is 0.111. The van der Waals surface area contributed by atoms with Gasteiger partial charge in [0.15, 0.2) is 5.58 Å². The first-order valence-electron chi connectivity index (χ1n) is 20.1. The fourth-order valence-corrected chi connectivity index (χ4v) is 11.2. The molecule has 0 N–H and O–H groups in total. The first-order valence-corrected chi connectivity index (χ1v) is 20.1. The van der Waals surface area contributed by atoms with Gasteiger partial charge in [0, 0.05) is 27.4 Å². The van der Waals surface area contributed by atoms with Gasteiger partial charge in [-0.15, -0.1) is 0 Å². The maximum atomic E-state index is 7.21. The minimum absolute atomic E-state index is 0.0636. The molecule has 2 nitrogen and oxygen atoms in total.